The van der Waals surface area contributed by atoms with Crippen LogP contribution in [0.1, 0.15) is 36.2 Å². The summed E-state index contributed by atoms with van der Waals surface area (Å²) >= 11 is 1.36. The number of rotatable bonds is 4. The molecule has 3 nitrogen and oxygen atoms in total. The molecule has 3 aromatic rings. The minimum Gasteiger partial charge on any atom is -0.316 e. The molecular weight excluding hydrogens is 342 g/mol. The minimum absolute atomic E-state index is 0.456. The van der Waals surface area contributed by atoms with Crippen molar-refractivity contribution in [3.63, 3.8) is 0 Å². The molecule has 1 amide bonds. The molecular formula is C19H18F2N2OS. The molecule has 2 aromatic carbocycles. The third-order valence-corrected chi connectivity index (χ3v) is 5.02. The lowest BCUT2D eigenvalue weighted by atomic mass is 10.2. The second-order valence-electron chi connectivity index (χ2n) is 5.71. The van der Waals surface area contributed by atoms with Crippen LogP contribution in [0.15, 0.2) is 41.4 Å². The highest BCUT2D eigenvalue weighted by Crippen LogP contribution is 2.20. The number of carbonyl (C=O) groups is 1. The predicted octanol–water partition coefficient (Wildman–Crippen LogP) is 4.69. The van der Waals surface area contributed by atoms with Gasteiger partial charge in [-0.3, -0.25) is 4.79 Å². The fourth-order valence-corrected chi connectivity index (χ4v) is 3.83. The summed E-state index contributed by atoms with van der Waals surface area (Å²) in [5.74, 6) is -2.70. The number of carbonyl (C=O) groups excluding carboxylic acids is 1. The molecule has 0 bridgehead atoms. The first-order chi connectivity index (χ1) is 12.0. The van der Waals surface area contributed by atoms with Crippen molar-refractivity contribution in [3.8, 4) is 0 Å². The second-order valence-corrected chi connectivity index (χ2v) is 6.71. The Hall–Kier alpha value is -2.34. The van der Waals surface area contributed by atoms with Crippen LogP contribution >= 0.6 is 11.3 Å². The lowest BCUT2D eigenvalue weighted by Crippen LogP contribution is -2.17. The van der Waals surface area contributed by atoms with Crippen molar-refractivity contribution in [2.45, 2.75) is 33.2 Å². The van der Waals surface area contributed by atoms with Crippen molar-refractivity contribution in [1.29, 1.82) is 0 Å². The van der Waals surface area contributed by atoms with Crippen LogP contribution in [0.3, 0.4) is 0 Å². The third kappa shape index (κ3) is 3.39. The van der Waals surface area contributed by atoms with Crippen LogP contribution in [0.5, 0.6) is 0 Å². The Bertz CT molecular complexity index is 984. The van der Waals surface area contributed by atoms with Gasteiger partial charge in [0.25, 0.3) is 5.91 Å². The van der Waals surface area contributed by atoms with Gasteiger partial charge in [0.2, 0.25) is 0 Å². The van der Waals surface area contributed by atoms with E-state index in [9.17, 15) is 13.6 Å². The summed E-state index contributed by atoms with van der Waals surface area (Å²) in [4.78, 5) is 16.8. The molecule has 1 heterocycles. The van der Waals surface area contributed by atoms with Gasteiger partial charge in [-0.25, -0.2) is 8.78 Å². The molecule has 1 aromatic heterocycles. The minimum atomic E-state index is -0.900. The van der Waals surface area contributed by atoms with E-state index in [0.29, 0.717) is 11.3 Å². The molecule has 0 unspecified atom stereocenters. The monoisotopic (exact) mass is 360 g/mol. The average Bonchev–Trinajstić information content (AvgIpc) is 2.91. The van der Waals surface area contributed by atoms with Crippen molar-refractivity contribution >= 4 is 27.5 Å². The molecule has 6 heteroatoms. The van der Waals surface area contributed by atoms with Crippen molar-refractivity contribution in [1.82, 2.24) is 4.57 Å². The number of fused-ring (bicyclic) bond motifs is 1. The summed E-state index contributed by atoms with van der Waals surface area (Å²) < 4.78 is 30.6. The SMILES string of the molecule is CCCn1c(=NC(=O)c2c(F)cccc2F)sc2cc(CC)ccc21. The molecule has 0 N–H and O–H groups in total. The van der Waals surface area contributed by atoms with E-state index >= 15 is 0 Å². The molecule has 3 rings (SSSR count). The molecule has 0 aliphatic heterocycles. The fourth-order valence-electron chi connectivity index (χ4n) is 2.71. The van der Waals surface area contributed by atoms with Crippen LogP contribution < -0.4 is 4.80 Å². The fraction of sp³-hybridized carbons (Fsp3) is 0.263. The predicted molar refractivity (Wildman–Crippen MR) is 95.7 cm³/mol. The van der Waals surface area contributed by atoms with E-state index < -0.39 is 23.1 Å². The number of thiazole rings is 1. The van der Waals surface area contributed by atoms with E-state index in [1.165, 1.54) is 23.0 Å². The number of hydrogen-bond donors (Lipinski definition) is 0. The van der Waals surface area contributed by atoms with Crippen LogP contribution in [0.2, 0.25) is 0 Å². The van der Waals surface area contributed by atoms with E-state index in [1.807, 2.05) is 23.6 Å². The zero-order valence-corrected chi connectivity index (χ0v) is 14.9. The molecule has 25 heavy (non-hydrogen) atoms. The van der Waals surface area contributed by atoms with Crippen molar-refractivity contribution in [3.05, 3.63) is 64.0 Å². The van der Waals surface area contributed by atoms with E-state index in [1.54, 1.807) is 0 Å². The third-order valence-electron chi connectivity index (χ3n) is 3.98. The Kier molecular flexibility index (Phi) is 5.08. The highest BCUT2D eigenvalue weighted by molar-refractivity contribution is 7.16. The van der Waals surface area contributed by atoms with Gasteiger partial charge >= 0.3 is 0 Å². The summed E-state index contributed by atoms with van der Waals surface area (Å²) in [6.07, 6.45) is 1.77. The number of aromatic nitrogens is 1. The lowest BCUT2D eigenvalue weighted by Gasteiger charge is -2.04. The molecule has 0 fully saturated rings. The van der Waals surface area contributed by atoms with E-state index in [0.717, 1.165) is 35.2 Å². The maximum absolute atomic E-state index is 13.8. The number of aryl methyl sites for hydroxylation is 2. The van der Waals surface area contributed by atoms with Crippen LogP contribution in [0, 0.1) is 11.6 Å². The molecule has 130 valence electrons. The van der Waals surface area contributed by atoms with Gasteiger partial charge in [-0.05, 0) is 42.7 Å². The van der Waals surface area contributed by atoms with E-state index in [2.05, 4.69) is 18.0 Å². The number of nitrogens with zero attached hydrogens (tertiary/aromatic N) is 2. The van der Waals surface area contributed by atoms with Crippen molar-refractivity contribution < 1.29 is 13.6 Å². The molecule has 0 radical (unpaired) electrons. The zero-order chi connectivity index (χ0) is 18.0. The Morgan fingerprint density at radius 1 is 1.16 bits per heavy atom. The molecule has 0 spiro atoms. The van der Waals surface area contributed by atoms with Gasteiger partial charge in [0.05, 0.1) is 10.2 Å². The summed E-state index contributed by atoms with van der Waals surface area (Å²) in [6, 6.07) is 9.47. The highest BCUT2D eigenvalue weighted by atomic mass is 32.1. The van der Waals surface area contributed by atoms with Crippen LogP contribution in [-0.4, -0.2) is 10.5 Å². The Morgan fingerprint density at radius 3 is 2.52 bits per heavy atom. The Morgan fingerprint density at radius 2 is 1.88 bits per heavy atom. The quantitative estimate of drug-likeness (QED) is 0.664. The largest absolute Gasteiger partial charge is 0.316 e. The van der Waals surface area contributed by atoms with E-state index in [-0.39, 0.29) is 0 Å². The maximum atomic E-state index is 13.8. The van der Waals surface area contributed by atoms with Gasteiger partial charge in [-0.1, -0.05) is 37.3 Å². The zero-order valence-electron chi connectivity index (χ0n) is 14.1. The second kappa shape index (κ2) is 7.27. The summed E-state index contributed by atoms with van der Waals surface area (Å²) in [6.45, 7) is 4.78. The van der Waals surface area contributed by atoms with Crippen molar-refractivity contribution in [2.24, 2.45) is 4.99 Å². The highest BCUT2D eigenvalue weighted by Gasteiger charge is 2.17. The number of amides is 1. The van der Waals surface area contributed by atoms with Crippen LogP contribution in [0.25, 0.3) is 10.2 Å². The van der Waals surface area contributed by atoms with Gasteiger partial charge in [0.1, 0.15) is 17.2 Å². The lowest BCUT2D eigenvalue weighted by molar-refractivity contribution is 0.0990. The van der Waals surface area contributed by atoms with Crippen molar-refractivity contribution in [2.75, 3.05) is 0 Å². The maximum Gasteiger partial charge on any atom is 0.285 e. The van der Waals surface area contributed by atoms with Crippen LogP contribution in [-0.2, 0) is 13.0 Å². The number of halogens is 2. The summed E-state index contributed by atoms with van der Waals surface area (Å²) in [5.41, 5.74) is 1.55. The molecule has 0 aliphatic carbocycles. The van der Waals surface area contributed by atoms with Gasteiger partial charge in [0, 0.05) is 6.54 Å². The number of hydrogen-bond acceptors (Lipinski definition) is 2. The first-order valence-corrected chi connectivity index (χ1v) is 9.02. The van der Waals surface area contributed by atoms with E-state index in [4.69, 9.17) is 0 Å². The molecule has 0 atom stereocenters. The molecule has 0 aliphatic rings. The van der Waals surface area contributed by atoms with Gasteiger partial charge in [-0.15, -0.1) is 0 Å². The molecule has 0 saturated carbocycles. The molecule has 0 saturated heterocycles. The van der Waals surface area contributed by atoms with Gasteiger partial charge in [0.15, 0.2) is 4.80 Å². The number of benzene rings is 2. The van der Waals surface area contributed by atoms with Gasteiger partial charge < -0.3 is 4.57 Å². The smallest absolute Gasteiger partial charge is 0.285 e. The van der Waals surface area contributed by atoms with Crippen LogP contribution in [0.4, 0.5) is 8.78 Å². The Balaban J connectivity index is 2.18. The average molecular weight is 360 g/mol. The first-order valence-electron chi connectivity index (χ1n) is 8.20. The standard InChI is InChI=1S/C19H18F2N2OS/c1-3-10-23-15-9-8-12(4-2)11-16(15)25-19(23)22-18(24)17-13(20)6-5-7-14(17)21/h5-9,11H,3-4,10H2,1-2H3. The van der Waals surface area contributed by atoms with Gasteiger partial charge in [-0.2, -0.15) is 4.99 Å². The first kappa shape index (κ1) is 17.5. The topological polar surface area (TPSA) is 34.4 Å². The summed E-state index contributed by atoms with van der Waals surface area (Å²) in [7, 11) is 0. The summed E-state index contributed by atoms with van der Waals surface area (Å²) in [5, 5.41) is 0. The Labute approximate surface area is 148 Å². The normalized spacial score (nSPS) is 12.1.